The van der Waals surface area contributed by atoms with Crippen molar-refractivity contribution in [2.45, 2.75) is 12.6 Å². The molecule has 1 amide bonds. The second-order valence-electron chi connectivity index (χ2n) is 7.04. The summed E-state index contributed by atoms with van der Waals surface area (Å²) in [7, 11) is 0. The van der Waals surface area contributed by atoms with E-state index in [1.54, 1.807) is 65.8 Å². The standard InChI is InChI=1S/C23H14Cl2N2O3/c24-16-8-7-14(10-17(16)25)20-19-21(28)15-5-1-2-6-18(15)30-22(19)23(29)27(20)12-13-4-3-9-26-11-13/h1-11,20H,12H2/t20-/m0/s1. The Kier molecular flexibility index (Phi) is 4.57. The Balaban J connectivity index is 1.75. The molecule has 30 heavy (non-hydrogen) atoms. The fourth-order valence-electron chi connectivity index (χ4n) is 3.85. The molecule has 0 bridgehead atoms. The first-order chi connectivity index (χ1) is 14.5. The SMILES string of the molecule is O=C1c2oc3ccccc3c(=O)c2[C@H](c2ccc(Cl)c(Cl)c2)N1Cc1cccnc1. The van der Waals surface area contributed by atoms with Crippen LogP contribution >= 0.6 is 23.2 Å². The monoisotopic (exact) mass is 436 g/mol. The second-order valence-corrected chi connectivity index (χ2v) is 7.85. The first-order valence-corrected chi connectivity index (χ1v) is 10.0. The van der Waals surface area contributed by atoms with Crippen molar-refractivity contribution in [1.29, 1.82) is 0 Å². The van der Waals surface area contributed by atoms with Gasteiger partial charge in [0.05, 0.1) is 27.0 Å². The molecule has 2 aromatic carbocycles. The van der Waals surface area contributed by atoms with Crippen molar-refractivity contribution in [3.63, 3.8) is 0 Å². The van der Waals surface area contributed by atoms with Crippen LogP contribution in [0.2, 0.25) is 10.0 Å². The van der Waals surface area contributed by atoms with Crippen molar-refractivity contribution in [3.8, 4) is 0 Å². The second kappa shape index (κ2) is 7.27. The van der Waals surface area contributed by atoms with Gasteiger partial charge in [-0.2, -0.15) is 0 Å². The molecule has 0 unspecified atom stereocenters. The highest BCUT2D eigenvalue weighted by Gasteiger charge is 2.42. The average Bonchev–Trinajstić information content (AvgIpc) is 3.03. The minimum Gasteiger partial charge on any atom is -0.450 e. The van der Waals surface area contributed by atoms with Gasteiger partial charge in [0, 0.05) is 18.9 Å². The van der Waals surface area contributed by atoms with E-state index in [0.717, 1.165) is 5.56 Å². The minimum absolute atomic E-state index is 0.0543. The van der Waals surface area contributed by atoms with Crippen LogP contribution in [0.15, 0.2) is 76.2 Å². The van der Waals surface area contributed by atoms with Crippen molar-refractivity contribution in [3.05, 3.63) is 110 Å². The number of nitrogens with zero attached hydrogens (tertiary/aromatic N) is 2. The molecule has 2 aromatic heterocycles. The lowest BCUT2D eigenvalue weighted by atomic mass is 9.98. The van der Waals surface area contributed by atoms with Crippen molar-refractivity contribution in [2.24, 2.45) is 0 Å². The van der Waals surface area contributed by atoms with Crippen LogP contribution in [0.4, 0.5) is 0 Å². The van der Waals surface area contributed by atoms with Crippen LogP contribution in [-0.2, 0) is 6.54 Å². The highest BCUT2D eigenvalue weighted by Crippen LogP contribution is 2.40. The molecule has 1 aliphatic heterocycles. The minimum atomic E-state index is -0.650. The fourth-order valence-corrected chi connectivity index (χ4v) is 4.15. The number of rotatable bonds is 3. The normalized spacial score (nSPS) is 15.6. The lowest BCUT2D eigenvalue weighted by molar-refractivity contribution is 0.0714. The zero-order valence-electron chi connectivity index (χ0n) is 15.5. The van der Waals surface area contributed by atoms with Gasteiger partial charge in [-0.3, -0.25) is 14.6 Å². The molecule has 4 aromatic rings. The maximum Gasteiger partial charge on any atom is 0.291 e. The quantitative estimate of drug-likeness (QED) is 0.440. The largest absolute Gasteiger partial charge is 0.450 e. The van der Waals surface area contributed by atoms with E-state index in [4.69, 9.17) is 27.6 Å². The van der Waals surface area contributed by atoms with E-state index < -0.39 is 6.04 Å². The highest BCUT2D eigenvalue weighted by molar-refractivity contribution is 6.42. The number of pyridine rings is 1. The van der Waals surface area contributed by atoms with E-state index in [9.17, 15) is 9.59 Å². The Morgan fingerprint density at radius 2 is 1.83 bits per heavy atom. The summed E-state index contributed by atoms with van der Waals surface area (Å²) >= 11 is 12.3. The third-order valence-electron chi connectivity index (χ3n) is 5.21. The summed E-state index contributed by atoms with van der Waals surface area (Å²) in [5.74, 6) is -0.300. The summed E-state index contributed by atoms with van der Waals surface area (Å²) in [5, 5.41) is 1.17. The van der Waals surface area contributed by atoms with Crippen molar-refractivity contribution < 1.29 is 9.21 Å². The number of fused-ring (bicyclic) bond motifs is 2. The van der Waals surface area contributed by atoms with Gasteiger partial charge in [-0.1, -0.05) is 47.5 Å². The molecule has 3 heterocycles. The van der Waals surface area contributed by atoms with Gasteiger partial charge in [-0.05, 0) is 41.5 Å². The van der Waals surface area contributed by atoms with Crippen molar-refractivity contribution in [1.82, 2.24) is 9.88 Å². The van der Waals surface area contributed by atoms with Gasteiger partial charge in [-0.25, -0.2) is 0 Å². The number of carbonyl (C=O) groups is 1. The van der Waals surface area contributed by atoms with Gasteiger partial charge >= 0.3 is 0 Å². The first kappa shape index (κ1) is 18.9. The summed E-state index contributed by atoms with van der Waals surface area (Å²) < 4.78 is 5.91. The Morgan fingerprint density at radius 1 is 1.00 bits per heavy atom. The van der Waals surface area contributed by atoms with Gasteiger partial charge in [-0.15, -0.1) is 0 Å². The number of hydrogen-bond donors (Lipinski definition) is 0. The van der Waals surface area contributed by atoms with E-state index in [0.29, 0.717) is 32.1 Å². The number of hydrogen-bond acceptors (Lipinski definition) is 4. The van der Waals surface area contributed by atoms with Crippen LogP contribution in [-0.4, -0.2) is 15.8 Å². The van der Waals surface area contributed by atoms with Crippen LogP contribution in [0.1, 0.15) is 33.3 Å². The van der Waals surface area contributed by atoms with Gasteiger partial charge in [0.15, 0.2) is 5.43 Å². The maximum absolute atomic E-state index is 13.4. The summed E-state index contributed by atoms with van der Waals surface area (Å²) in [5.41, 5.74) is 1.97. The van der Waals surface area contributed by atoms with E-state index in [-0.39, 0.29) is 23.6 Å². The molecular formula is C23H14Cl2N2O3. The molecule has 5 rings (SSSR count). The lowest BCUT2D eigenvalue weighted by Gasteiger charge is -2.25. The van der Waals surface area contributed by atoms with Crippen molar-refractivity contribution >= 4 is 40.1 Å². The smallest absolute Gasteiger partial charge is 0.291 e. The summed E-state index contributed by atoms with van der Waals surface area (Å²) in [6, 6.07) is 15.0. The zero-order valence-corrected chi connectivity index (χ0v) is 17.0. The lowest BCUT2D eigenvalue weighted by Crippen LogP contribution is -2.29. The van der Waals surface area contributed by atoms with E-state index >= 15 is 0 Å². The number of aromatic nitrogens is 1. The van der Waals surface area contributed by atoms with E-state index in [1.807, 2.05) is 6.07 Å². The summed E-state index contributed by atoms with van der Waals surface area (Å²) in [6.07, 6.45) is 3.35. The Labute approximate surface area is 181 Å². The molecule has 1 atom stereocenters. The van der Waals surface area contributed by atoms with Crippen LogP contribution in [0.25, 0.3) is 11.0 Å². The third kappa shape index (κ3) is 2.98. The molecular weight excluding hydrogens is 423 g/mol. The number of halogens is 2. The Bertz CT molecular complexity index is 1350. The molecule has 0 N–H and O–H groups in total. The molecule has 0 spiro atoms. The molecule has 0 saturated heterocycles. The summed E-state index contributed by atoms with van der Waals surface area (Å²) in [6.45, 7) is 0.261. The van der Waals surface area contributed by atoms with Crippen molar-refractivity contribution in [2.75, 3.05) is 0 Å². The van der Waals surface area contributed by atoms with E-state index in [2.05, 4.69) is 4.98 Å². The van der Waals surface area contributed by atoms with Crippen LogP contribution in [0.5, 0.6) is 0 Å². The average molecular weight is 437 g/mol. The highest BCUT2D eigenvalue weighted by atomic mass is 35.5. The summed E-state index contributed by atoms with van der Waals surface area (Å²) in [4.78, 5) is 32.5. The molecule has 7 heteroatoms. The first-order valence-electron chi connectivity index (χ1n) is 9.25. The van der Waals surface area contributed by atoms with E-state index in [1.165, 1.54) is 0 Å². The Hall–Kier alpha value is -3.15. The maximum atomic E-state index is 13.4. The molecule has 1 aliphatic rings. The molecule has 0 radical (unpaired) electrons. The number of para-hydroxylation sites is 1. The predicted octanol–water partition coefficient (Wildman–Crippen LogP) is 5.24. The molecule has 0 fully saturated rings. The Morgan fingerprint density at radius 3 is 2.60 bits per heavy atom. The molecule has 5 nitrogen and oxygen atoms in total. The fraction of sp³-hybridized carbons (Fsp3) is 0.0870. The zero-order chi connectivity index (χ0) is 20.8. The van der Waals surface area contributed by atoms with Gasteiger partial charge in [0.2, 0.25) is 5.76 Å². The topological polar surface area (TPSA) is 63.4 Å². The molecule has 0 saturated carbocycles. The van der Waals surface area contributed by atoms with Crippen LogP contribution < -0.4 is 5.43 Å². The van der Waals surface area contributed by atoms with Gasteiger partial charge < -0.3 is 9.32 Å². The molecule has 0 aliphatic carbocycles. The molecule has 148 valence electrons. The number of carbonyl (C=O) groups excluding carboxylic acids is 1. The predicted molar refractivity (Wildman–Crippen MR) is 115 cm³/mol. The third-order valence-corrected chi connectivity index (χ3v) is 5.95. The van der Waals surface area contributed by atoms with Crippen LogP contribution in [0.3, 0.4) is 0 Å². The van der Waals surface area contributed by atoms with Crippen LogP contribution in [0, 0.1) is 0 Å². The number of amides is 1. The van der Waals surface area contributed by atoms with Gasteiger partial charge in [0.25, 0.3) is 5.91 Å². The van der Waals surface area contributed by atoms with Gasteiger partial charge in [0.1, 0.15) is 5.58 Å². The number of benzene rings is 2.